The largest absolute Gasteiger partial charge is 0.434 e. The van der Waals surface area contributed by atoms with Crippen molar-refractivity contribution < 1.29 is 35.5 Å². The Labute approximate surface area is 152 Å². The summed E-state index contributed by atoms with van der Waals surface area (Å²) >= 11 is 0. The molecule has 0 aliphatic carbocycles. The Bertz CT molecular complexity index is 1060. The third-order valence-electron chi connectivity index (χ3n) is 3.65. The fraction of sp³-hybridized carbons (Fsp3) is 0.0588. The molecule has 0 spiro atoms. The first-order chi connectivity index (χ1) is 13.1. The van der Waals surface area contributed by atoms with Gasteiger partial charge in [0.25, 0.3) is 5.91 Å². The second-order valence-electron chi connectivity index (χ2n) is 5.44. The lowest BCUT2D eigenvalue weighted by Crippen LogP contribution is -2.21. The molecule has 1 heterocycles. The number of para-hydroxylation sites is 1. The Balaban J connectivity index is 2.07. The highest BCUT2D eigenvalue weighted by Crippen LogP contribution is 2.34. The average Bonchev–Trinajstić information content (AvgIpc) is 3.08. The third-order valence-corrected chi connectivity index (χ3v) is 3.65. The molecule has 2 aromatic carbocycles. The molecular weight excluding hydrogens is 395 g/mol. The number of aromatic nitrogens is 2. The SMILES string of the molecule is O=C(Nc1ccc(F)c(F)c1F)c1cnn(-c2ccccc2F)c1C(F)(F)F. The maximum absolute atomic E-state index is 13.9. The van der Waals surface area contributed by atoms with Crippen molar-refractivity contribution in [2.45, 2.75) is 6.18 Å². The number of benzene rings is 2. The van der Waals surface area contributed by atoms with Crippen LogP contribution in [0, 0.1) is 23.3 Å². The zero-order valence-corrected chi connectivity index (χ0v) is 13.5. The number of hydrogen-bond donors (Lipinski definition) is 1. The quantitative estimate of drug-likeness (QED) is 0.509. The molecule has 0 fully saturated rings. The molecule has 0 bridgehead atoms. The highest BCUT2D eigenvalue weighted by atomic mass is 19.4. The molecule has 28 heavy (non-hydrogen) atoms. The van der Waals surface area contributed by atoms with Crippen LogP contribution in [0.4, 0.5) is 36.4 Å². The zero-order valence-electron chi connectivity index (χ0n) is 13.5. The first-order valence-corrected chi connectivity index (χ1v) is 7.46. The molecule has 0 atom stereocenters. The number of anilines is 1. The predicted octanol–water partition coefficient (Wildman–Crippen LogP) is 4.70. The Hall–Kier alpha value is -3.37. The highest BCUT2D eigenvalue weighted by Gasteiger charge is 2.41. The van der Waals surface area contributed by atoms with Gasteiger partial charge < -0.3 is 5.32 Å². The van der Waals surface area contributed by atoms with Gasteiger partial charge in [0.1, 0.15) is 11.5 Å². The van der Waals surface area contributed by atoms with Crippen LogP contribution >= 0.6 is 0 Å². The summed E-state index contributed by atoms with van der Waals surface area (Å²) < 4.78 is 94.4. The number of nitrogens with one attached hydrogen (secondary N) is 1. The van der Waals surface area contributed by atoms with E-state index in [9.17, 15) is 35.5 Å². The molecule has 0 saturated heterocycles. The maximum Gasteiger partial charge on any atom is 0.434 e. The van der Waals surface area contributed by atoms with Crippen molar-refractivity contribution in [2.24, 2.45) is 0 Å². The molecule has 4 nitrogen and oxygen atoms in total. The summed E-state index contributed by atoms with van der Waals surface area (Å²) in [6.45, 7) is 0. The van der Waals surface area contributed by atoms with Gasteiger partial charge in [0.2, 0.25) is 0 Å². The Kier molecular flexibility index (Phi) is 4.84. The van der Waals surface area contributed by atoms with E-state index in [0.29, 0.717) is 18.3 Å². The smallest absolute Gasteiger partial charge is 0.319 e. The molecule has 0 aliphatic rings. The standard InChI is InChI=1S/C17H8F7N3O/c18-9-3-1-2-4-12(9)27-15(17(22,23)24)8(7-25-27)16(28)26-11-6-5-10(19)13(20)14(11)21/h1-7H,(H,26,28). The van der Waals surface area contributed by atoms with Gasteiger partial charge in [0.05, 0.1) is 17.4 Å². The minimum absolute atomic E-state index is 0.172. The van der Waals surface area contributed by atoms with Crippen LogP contribution in [-0.4, -0.2) is 15.7 Å². The number of halogens is 7. The minimum Gasteiger partial charge on any atom is -0.319 e. The van der Waals surface area contributed by atoms with Gasteiger partial charge in [0, 0.05) is 0 Å². The van der Waals surface area contributed by atoms with E-state index in [-0.39, 0.29) is 4.68 Å². The topological polar surface area (TPSA) is 46.9 Å². The van der Waals surface area contributed by atoms with E-state index in [1.165, 1.54) is 12.1 Å². The van der Waals surface area contributed by atoms with Crippen molar-refractivity contribution >= 4 is 11.6 Å². The van der Waals surface area contributed by atoms with Crippen LogP contribution in [0.5, 0.6) is 0 Å². The number of carbonyl (C=O) groups excluding carboxylic acids is 1. The van der Waals surface area contributed by atoms with Crippen molar-refractivity contribution in [1.82, 2.24) is 9.78 Å². The van der Waals surface area contributed by atoms with E-state index in [1.54, 1.807) is 5.32 Å². The second-order valence-corrected chi connectivity index (χ2v) is 5.44. The van der Waals surface area contributed by atoms with Crippen molar-refractivity contribution in [3.8, 4) is 5.69 Å². The molecule has 3 rings (SSSR count). The van der Waals surface area contributed by atoms with Crippen LogP contribution in [0.25, 0.3) is 5.69 Å². The summed E-state index contributed by atoms with van der Waals surface area (Å²) in [5, 5.41) is 5.12. The highest BCUT2D eigenvalue weighted by molar-refractivity contribution is 6.05. The number of amides is 1. The Morgan fingerprint density at radius 2 is 1.61 bits per heavy atom. The second kappa shape index (κ2) is 6.98. The fourth-order valence-corrected chi connectivity index (χ4v) is 2.41. The first kappa shape index (κ1) is 19.4. The summed E-state index contributed by atoms with van der Waals surface area (Å²) in [5.41, 5.74) is -4.15. The normalized spacial score (nSPS) is 11.5. The van der Waals surface area contributed by atoms with E-state index in [0.717, 1.165) is 12.1 Å². The molecule has 11 heteroatoms. The van der Waals surface area contributed by atoms with Crippen molar-refractivity contribution in [2.75, 3.05) is 5.32 Å². The first-order valence-electron chi connectivity index (χ1n) is 7.46. The predicted molar refractivity (Wildman–Crippen MR) is 82.8 cm³/mol. The van der Waals surface area contributed by atoms with E-state index in [4.69, 9.17) is 0 Å². The van der Waals surface area contributed by atoms with E-state index in [1.807, 2.05) is 0 Å². The van der Waals surface area contributed by atoms with Gasteiger partial charge >= 0.3 is 6.18 Å². The number of hydrogen-bond acceptors (Lipinski definition) is 2. The van der Waals surface area contributed by atoms with Crippen molar-refractivity contribution in [3.05, 3.63) is 77.1 Å². The lowest BCUT2D eigenvalue weighted by molar-refractivity contribution is -0.143. The summed E-state index contributed by atoms with van der Waals surface area (Å²) in [4.78, 5) is 12.2. The maximum atomic E-state index is 13.9. The van der Waals surface area contributed by atoms with E-state index >= 15 is 0 Å². The summed E-state index contributed by atoms with van der Waals surface area (Å²) in [6, 6.07) is 5.54. The van der Waals surface area contributed by atoms with Gasteiger partial charge in [-0.1, -0.05) is 12.1 Å². The van der Waals surface area contributed by atoms with Crippen LogP contribution in [0.1, 0.15) is 16.1 Å². The lowest BCUT2D eigenvalue weighted by Gasteiger charge is -2.13. The number of rotatable bonds is 3. The van der Waals surface area contributed by atoms with Gasteiger partial charge in [-0.3, -0.25) is 4.79 Å². The Morgan fingerprint density at radius 1 is 0.929 bits per heavy atom. The molecule has 0 unspecified atom stereocenters. The van der Waals surface area contributed by atoms with Gasteiger partial charge in [-0.25, -0.2) is 22.2 Å². The van der Waals surface area contributed by atoms with Crippen LogP contribution in [0.3, 0.4) is 0 Å². The van der Waals surface area contributed by atoms with E-state index in [2.05, 4.69) is 5.10 Å². The molecule has 0 saturated carbocycles. The molecule has 0 radical (unpaired) electrons. The monoisotopic (exact) mass is 403 g/mol. The lowest BCUT2D eigenvalue weighted by atomic mass is 10.2. The Morgan fingerprint density at radius 3 is 2.25 bits per heavy atom. The van der Waals surface area contributed by atoms with Gasteiger partial charge in [-0.2, -0.15) is 18.3 Å². The average molecular weight is 403 g/mol. The molecule has 3 aromatic rings. The molecule has 146 valence electrons. The number of carbonyl (C=O) groups is 1. The molecular formula is C17H8F7N3O. The summed E-state index contributed by atoms with van der Waals surface area (Å²) in [6.07, 6.45) is -4.64. The molecule has 1 amide bonds. The van der Waals surface area contributed by atoms with Gasteiger partial charge in [-0.05, 0) is 24.3 Å². The van der Waals surface area contributed by atoms with E-state index < -0.39 is 58.0 Å². The zero-order chi connectivity index (χ0) is 20.6. The third kappa shape index (κ3) is 3.42. The number of nitrogens with zero attached hydrogens (tertiary/aromatic N) is 2. The van der Waals surface area contributed by atoms with Crippen molar-refractivity contribution in [1.29, 1.82) is 0 Å². The molecule has 1 aromatic heterocycles. The van der Waals surface area contributed by atoms with Crippen LogP contribution < -0.4 is 5.32 Å². The fourth-order valence-electron chi connectivity index (χ4n) is 2.41. The van der Waals surface area contributed by atoms with Crippen LogP contribution in [0.15, 0.2) is 42.6 Å². The van der Waals surface area contributed by atoms with Gasteiger partial charge in [-0.15, -0.1) is 0 Å². The number of alkyl halides is 3. The minimum atomic E-state index is -5.14. The van der Waals surface area contributed by atoms with Crippen LogP contribution in [-0.2, 0) is 6.18 Å². The van der Waals surface area contributed by atoms with Crippen molar-refractivity contribution in [3.63, 3.8) is 0 Å². The molecule has 0 aliphatic heterocycles. The summed E-state index contributed by atoms with van der Waals surface area (Å²) in [7, 11) is 0. The molecule has 1 N–H and O–H groups in total. The van der Waals surface area contributed by atoms with Crippen LogP contribution in [0.2, 0.25) is 0 Å². The van der Waals surface area contributed by atoms with Gasteiger partial charge in [0.15, 0.2) is 23.1 Å². The summed E-state index contributed by atoms with van der Waals surface area (Å²) in [5.74, 6) is -7.77.